The molecule has 0 amide bonds. The molecule has 86 valence electrons. The molecule has 0 heterocycles. The molecule has 0 bridgehead atoms. The Morgan fingerprint density at radius 3 is 2.29 bits per heavy atom. The highest BCUT2D eigenvalue weighted by Crippen LogP contribution is 2.15. The van der Waals surface area contributed by atoms with Crippen molar-refractivity contribution in [1.29, 1.82) is 0 Å². The monoisotopic (exact) mass is 220 g/mol. The van der Waals surface area contributed by atoms with Crippen LogP contribution < -0.4 is 0 Å². The van der Waals surface area contributed by atoms with Crippen molar-refractivity contribution in [3.63, 3.8) is 0 Å². The van der Waals surface area contributed by atoms with Crippen LogP contribution in [0.15, 0.2) is 0 Å². The first kappa shape index (κ1) is 14.2. The van der Waals surface area contributed by atoms with E-state index in [9.17, 15) is 0 Å². The van der Waals surface area contributed by atoms with Gasteiger partial charge in [0.25, 0.3) is 0 Å². The maximum Gasteiger partial charge on any atom is 0.0710 e. The Balaban J connectivity index is 3.49. The van der Waals surface area contributed by atoms with E-state index in [1.54, 1.807) is 0 Å². The quantitative estimate of drug-likeness (QED) is 0.439. The predicted molar refractivity (Wildman–Crippen MR) is 64.0 cm³/mol. The molecule has 0 aromatic heterocycles. The number of hydrogen-bond acceptors (Lipinski definition) is 1. The fourth-order valence-electron chi connectivity index (χ4n) is 1.27. The van der Waals surface area contributed by atoms with Gasteiger partial charge in [-0.3, -0.25) is 0 Å². The van der Waals surface area contributed by atoms with Crippen LogP contribution in [-0.2, 0) is 4.74 Å². The number of hydrogen-bond donors (Lipinski definition) is 0. The summed E-state index contributed by atoms with van der Waals surface area (Å²) in [6.45, 7) is 9.42. The Kier molecular flexibility index (Phi) is 8.70. The summed E-state index contributed by atoms with van der Waals surface area (Å²) >= 11 is 6.23. The molecule has 0 saturated carbocycles. The third-order valence-electron chi connectivity index (χ3n) is 2.29. The van der Waals surface area contributed by atoms with Crippen molar-refractivity contribution in [2.45, 2.75) is 64.9 Å². The Morgan fingerprint density at radius 1 is 1.14 bits per heavy atom. The lowest BCUT2D eigenvalue weighted by Gasteiger charge is -2.19. The minimum Gasteiger partial charge on any atom is -0.377 e. The minimum atomic E-state index is 0.181. The van der Waals surface area contributed by atoms with Gasteiger partial charge >= 0.3 is 0 Å². The summed E-state index contributed by atoms with van der Waals surface area (Å²) in [6, 6.07) is 0. The van der Waals surface area contributed by atoms with E-state index in [4.69, 9.17) is 16.3 Å². The summed E-state index contributed by atoms with van der Waals surface area (Å²) in [4.78, 5) is 0. The number of unbranched alkanes of at least 4 members (excludes halogenated alkanes) is 2. The molecule has 0 rings (SSSR count). The van der Waals surface area contributed by atoms with Gasteiger partial charge in [-0.1, -0.05) is 40.0 Å². The van der Waals surface area contributed by atoms with Crippen LogP contribution >= 0.6 is 11.6 Å². The Labute approximate surface area is 94.2 Å². The third-order valence-corrected chi connectivity index (χ3v) is 2.86. The molecule has 0 spiro atoms. The highest BCUT2D eigenvalue weighted by atomic mass is 35.5. The maximum atomic E-state index is 6.23. The second-order valence-corrected chi connectivity index (χ2v) is 5.00. The Bertz CT molecular complexity index is 125. The lowest BCUT2D eigenvalue weighted by molar-refractivity contribution is 0.0434. The molecule has 2 unspecified atom stereocenters. The topological polar surface area (TPSA) is 9.23 Å². The summed E-state index contributed by atoms with van der Waals surface area (Å²) in [5, 5.41) is 0.181. The molecule has 0 N–H and O–H groups in total. The lowest BCUT2D eigenvalue weighted by atomic mass is 10.1. The van der Waals surface area contributed by atoms with E-state index in [-0.39, 0.29) is 11.5 Å². The fraction of sp³-hybridized carbons (Fsp3) is 1.00. The summed E-state index contributed by atoms with van der Waals surface area (Å²) < 4.78 is 5.66. The van der Waals surface area contributed by atoms with Crippen LogP contribution in [0.3, 0.4) is 0 Å². The fourth-order valence-corrected chi connectivity index (χ4v) is 1.50. The summed E-state index contributed by atoms with van der Waals surface area (Å²) in [7, 11) is 0. The number of ether oxygens (including phenoxy) is 1. The number of rotatable bonds is 8. The van der Waals surface area contributed by atoms with Crippen molar-refractivity contribution in [3.05, 3.63) is 0 Å². The van der Waals surface area contributed by atoms with Crippen LogP contribution in [0, 0.1) is 5.92 Å². The summed E-state index contributed by atoms with van der Waals surface area (Å²) in [6.07, 6.45) is 5.02. The van der Waals surface area contributed by atoms with Gasteiger partial charge < -0.3 is 4.74 Å². The molecule has 0 aromatic rings. The van der Waals surface area contributed by atoms with E-state index in [0.29, 0.717) is 5.92 Å². The number of halogens is 1. The largest absolute Gasteiger partial charge is 0.377 e. The van der Waals surface area contributed by atoms with E-state index in [0.717, 1.165) is 13.0 Å². The van der Waals surface area contributed by atoms with E-state index in [1.807, 2.05) is 0 Å². The van der Waals surface area contributed by atoms with Gasteiger partial charge in [0, 0.05) is 6.61 Å². The molecular weight excluding hydrogens is 196 g/mol. The van der Waals surface area contributed by atoms with Crippen molar-refractivity contribution < 1.29 is 4.74 Å². The number of alkyl halides is 1. The van der Waals surface area contributed by atoms with Crippen molar-refractivity contribution in [1.82, 2.24) is 0 Å². The molecule has 0 fully saturated rings. The van der Waals surface area contributed by atoms with E-state index in [1.165, 1.54) is 19.3 Å². The van der Waals surface area contributed by atoms with Crippen molar-refractivity contribution in [3.8, 4) is 0 Å². The lowest BCUT2D eigenvalue weighted by Crippen LogP contribution is -2.23. The SMILES string of the molecule is CCCCCC(Cl)C(C)OCC(C)C. The van der Waals surface area contributed by atoms with Gasteiger partial charge in [-0.15, -0.1) is 11.6 Å². The van der Waals surface area contributed by atoms with E-state index < -0.39 is 0 Å². The molecule has 0 aliphatic heterocycles. The minimum absolute atomic E-state index is 0.181. The first-order valence-corrected chi connectivity index (χ1v) is 6.27. The van der Waals surface area contributed by atoms with Gasteiger partial charge in [0.1, 0.15) is 0 Å². The maximum absolute atomic E-state index is 6.23. The standard InChI is InChI=1S/C12H25ClO/c1-5-6-7-8-12(13)11(4)14-9-10(2)3/h10-12H,5-9H2,1-4H3. The molecular formula is C12H25ClO. The summed E-state index contributed by atoms with van der Waals surface area (Å²) in [5.41, 5.74) is 0. The first-order valence-electron chi connectivity index (χ1n) is 5.83. The Morgan fingerprint density at radius 2 is 1.79 bits per heavy atom. The predicted octanol–water partition coefficient (Wildman–Crippen LogP) is 4.24. The normalized spacial score (nSPS) is 15.9. The Hall–Kier alpha value is 0.250. The zero-order chi connectivity index (χ0) is 11.0. The average molecular weight is 221 g/mol. The van der Waals surface area contributed by atoms with Crippen LogP contribution in [0.5, 0.6) is 0 Å². The molecule has 2 atom stereocenters. The molecule has 0 saturated heterocycles. The highest BCUT2D eigenvalue weighted by molar-refractivity contribution is 6.21. The molecule has 0 aliphatic carbocycles. The summed E-state index contributed by atoms with van der Waals surface area (Å²) in [5.74, 6) is 0.594. The van der Waals surface area contributed by atoms with Crippen LogP contribution in [-0.4, -0.2) is 18.1 Å². The van der Waals surface area contributed by atoms with Crippen molar-refractivity contribution in [2.24, 2.45) is 5.92 Å². The molecule has 14 heavy (non-hydrogen) atoms. The van der Waals surface area contributed by atoms with Crippen LogP contribution in [0.1, 0.15) is 53.4 Å². The van der Waals surface area contributed by atoms with Gasteiger partial charge in [0.2, 0.25) is 0 Å². The first-order chi connectivity index (χ1) is 6.57. The van der Waals surface area contributed by atoms with E-state index in [2.05, 4.69) is 27.7 Å². The molecule has 0 radical (unpaired) electrons. The average Bonchev–Trinajstić information content (AvgIpc) is 2.14. The van der Waals surface area contributed by atoms with E-state index >= 15 is 0 Å². The molecule has 2 heteroatoms. The third kappa shape index (κ3) is 7.64. The van der Waals surface area contributed by atoms with Crippen molar-refractivity contribution in [2.75, 3.05) is 6.61 Å². The van der Waals surface area contributed by atoms with Gasteiger partial charge in [-0.05, 0) is 19.3 Å². The molecule has 1 nitrogen and oxygen atoms in total. The van der Waals surface area contributed by atoms with Crippen molar-refractivity contribution >= 4 is 11.6 Å². The van der Waals surface area contributed by atoms with Gasteiger partial charge in [-0.2, -0.15) is 0 Å². The second-order valence-electron chi connectivity index (χ2n) is 4.44. The smallest absolute Gasteiger partial charge is 0.0710 e. The highest BCUT2D eigenvalue weighted by Gasteiger charge is 2.14. The zero-order valence-corrected chi connectivity index (χ0v) is 10.8. The van der Waals surface area contributed by atoms with Crippen LogP contribution in [0.2, 0.25) is 0 Å². The van der Waals surface area contributed by atoms with Gasteiger partial charge in [-0.25, -0.2) is 0 Å². The second kappa shape index (κ2) is 8.55. The zero-order valence-electron chi connectivity index (χ0n) is 10.1. The molecule has 0 aliphatic rings. The van der Waals surface area contributed by atoms with Gasteiger partial charge in [0.15, 0.2) is 0 Å². The van der Waals surface area contributed by atoms with Crippen LogP contribution in [0.25, 0.3) is 0 Å². The van der Waals surface area contributed by atoms with Gasteiger partial charge in [0.05, 0.1) is 11.5 Å². The molecule has 0 aromatic carbocycles. The van der Waals surface area contributed by atoms with Crippen LogP contribution in [0.4, 0.5) is 0 Å².